The third kappa shape index (κ3) is 2.55. The van der Waals surface area contributed by atoms with Crippen LogP contribution in [0.3, 0.4) is 0 Å². The highest BCUT2D eigenvalue weighted by Gasteiger charge is 2.21. The van der Waals surface area contributed by atoms with Gasteiger partial charge in [-0.05, 0) is 51.8 Å². The van der Waals surface area contributed by atoms with Gasteiger partial charge >= 0.3 is 0 Å². The number of rotatable bonds is 1. The number of fused-ring (bicyclic) bond motifs is 1. The molecule has 2 aromatic carbocycles. The lowest BCUT2D eigenvalue weighted by molar-refractivity contribution is 0.210. The Labute approximate surface area is 123 Å². The van der Waals surface area contributed by atoms with Crippen LogP contribution in [0, 0.1) is 5.82 Å². The van der Waals surface area contributed by atoms with Crippen LogP contribution >= 0.6 is 27.5 Å². The van der Waals surface area contributed by atoms with E-state index < -0.39 is 0 Å². The molecule has 0 fully saturated rings. The van der Waals surface area contributed by atoms with E-state index in [-0.39, 0.29) is 11.9 Å². The molecule has 2 aromatic rings. The predicted molar refractivity (Wildman–Crippen MR) is 77.4 cm³/mol. The molecule has 1 heterocycles. The van der Waals surface area contributed by atoms with Gasteiger partial charge in [-0.15, -0.1) is 0 Å². The van der Waals surface area contributed by atoms with Crippen molar-refractivity contribution in [2.24, 2.45) is 0 Å². The molecule has 0 aliphatic carbocycles. The zero-order valence-electron chi connectivity index (χ0n) is 9.79. The van der Waals surface area contributed by atoms with Crippen LogP contribution in [0.15, 0.2) is 40.9 Å². The highest BCUT2D eigenvalue weighted by molar-refractivity contribution is 9.10. The normalized spacial score (nSPS) is 17.3. The fourth-order valence-corrected chi connectivity index (χ4v) is 2.61. The molecule has 1 unspecified atom stereocenters. The molecule has 1 aliphatic heterocycles. The van der Waals surface area contributed by atoms with Crippen LogP contribution in [0.25, 0.3) is 0 Å². The van der Waals surface area contributed by atoms with Crippen molar-refractivity contribution in [2.75, 3.05) is 11.9 Å². The van der Waals surface area contributed by atoms with Crippen molar-refractivity contribution in [3.05, 3.63) is 57.3 Å². The Morgan fingerprint density at radius 3 is 2.89 bits per heavy atom. The van der Waals surface area contributed by atoms with Crippen molar-refractivity contribution in [3.8, 4) is 5.75 Å². The summed E-state index contributed by atoms with van der Waals surface area (Å²) in [5.74, 6) is 0.473. The van der Waals surface area contributed by atoms with Gasteiger partial charge in [-0.3, -0.25) is 0 Å². The molecule has 3 rings (SSSR count). The average molecular weight is 343 g/mol. The Morgan fingerprint density at radius 2 is 2.11 bits per heavy atom. The predicted octanol–water partition coefficient (Wildman–Crippen LogP) is 4.79. The molecule has 0 amide bonds. The average Bonchev–Trinajstić information content (AvgIpc) is 2.41. The largest absolute Gasteiger partial charge is 0.482 e. The monoisotopic (exact) mass is 341 g/mol. The van der Waals surface area contributed by atoms with Crippen LogP contribution in [0.4, 0.5) is 10.1 Å². The Bertz CT molecular complexity index is 635. The Hall–Kier alpha value is -1.26. The van der Waals surface area contributed by atoms with Gasteiger partial charge in [-0.25, -0.2) is 4.39 Å². The molecule has 1 atom stereocenters. The number of anilines is 1. The molecule has 5 heteroatoms. The molecule has 2 nitrogen and oxygen atoms in total. The number of ether oxygens (including phenoxy) is 1. The minimum Gasteiger partial charge on any atom is -0.482 e. The lowest BCUT2D eigenvalue weighted by Crippen LogP contribution is -2.23. The summed E-state index contributed by atoms with van der Waals surface area (Å²) in [4.78, 5) is 0. The van der Waals surface area contributed by atoms with Gasteiger partial charge < -0.3 is 10.1 Å². The van der Waals surface area contributed by atoms with E-state index in [1.54, 1.807) is 18.2 Å². The molecular weight excluding hydrogens is 333 g/mol. The third-order valence-electron chi connectivity index (χ3n) is 3.00. The first-order chi connectivity index (χ1) is 9.13. The summed E-state index contributed by atoms with van der Waals surface area (Å²) in [6, 6.07) is 10.3. The van der Waals surface area contributed by atoms with Gasteiger partial charge in [-0.1, -0.05) is 17.7 Å². The van der Waals surface area contributed by atoms with Crippen LogP contribution in [0.1, 0.15) is 11.7 Å². The minimum atomic E-state index is -0.278. The van der Waals surface area contributed by atoms with Gasteiger partial charge in [0.25, 0.3) is 0 Å². The fourth-order valence-electron chi connectivity index (χ4n) is 2.04. The molecule has 98 valence electrons. The summed E-state index contributed by atoms with van der Waals surface area (Å²) in [5.41, 5.74) is 1.80. The third-order valence-corrected chi connectivity index (χ3v) is 3.85. The van der Waals surface area contributed by atoms with Gasteiger partial charge in [0.2, 0.25) is 0 Å². The summed E-state index contributed by atoms with van der Waals surface area (Å²) in [7, 11) is 0. The van der Waals surface area contributed by atoms with Crippen molar-refractivity contribution in [2.45, 2.75) is 6.10 Å². The van der Waals surface area contributed by atoms with Crippen LogP contribution in [-0.2, 0) is 0 Å². The number of benzene rings is 2. The molecule has 0 saturated heterocycles. The van der Waals surface area contributed by atoms with Crippen molar-refractivity contribution in [1.29, 1.82) is 0 Å². The smallest absolute Gasteiger partial charge is 0.143 e. The second-order valence-corrected chi connectivity index (χ2v) is 5.59. The van der Waals surface area contributed by atoms with E-state index >= 15 is 0 Å². The van der Waals surface area contributed by atoms with E-state index in [1.165, 1.54) is 6.07 Å². The van der Waals surface area contributed by atoms with E-state index in [1.807, 2.05) is 12.1 Å². The Morgan fingerprint density at radius 1 is 1.26 bits per heavy atom. The quantitative estimate of drug-likeness (QED) is 0.805. The molecule has 0 radical (unpaired) electrons. The Balaban J connectivity index is 1.89. The maximum atomic E-state index is 13.2. The summed E-state index contributed by atoms with van der Waals surface area (Å²) >= 11 is 9.11. The zero-order valence-corrected chi connectivity index (χ0v) is 12.1. The molecule has 0 saturated carbocycles. The van der Waals surface area contributed by atoms with Crippen LogP contribution in [-0.4, -0.2) is 6.54 Å². The van der Waals surface area contributed by atoms with E-state index in [0.29, 0.717) is 16.0 Å². The molecule has 0 aromatic heterocycles. The summed E-state index contributed by atoms with van der Waals surface area (Å²) < 4.78 is 19.6. The molecule has 1 N–H and O–H groups in total. The van der Waals surface area contributed by atoms with Crippen LogP contribution in [0.5, 0.6) is 5.75 Å². The summed E-state index contributed by atoms with van der Waals surface area (Å²) in [5, 5.41) is 3.93. The molecule has 19 heavy (non-hydrogen) atoms. The van der Waals surface area contributed by atoms with E-state index in [2.05, 4.69) is 21.2 Å². The zero-order chi connectivity index (χ0) is 13.4. The summed E-state index contributed by atoms with van der Waals surface area (Å²) in [6.45, 7) is 0.616. The number of halogens is 3. The highest BCUT2D eigenvalue weighted by Crippen LogP contribution is 2.36. The number of hydrogen-bond donors (Lipinski definition) is 1. The standard InChI is InChI=1S/C14H10BrClFNO/c15-10-5-8(1-3-11(10)17)14-7-18-12-6-9(16)2-4-13(12)19-14/h1-6,14,18H,7H2. The lowest BCUT2D eigenvalue weighted by atomic mass is 10.1. The maximum absolute atomic E-state index is 13.2. The Kier molecular flexibility index (Phi) is 3.37. The lowest BCUT2D eigenvalue weighted by Gasteiger charge is -2.28. The topological polar surface area (TPSA) is 21.3 Å². The van der Waals surface area contributed by atoms with Crippen molar-refractivity contribution < 1.29 is 9.13 Å². The molecule has 0 spiro atoms. The molecular formula is C14H10BrClFNO. The van der Waals surface area contributed by atoms with Crippen molar-refractivity contribution in [3.63, 3.8) is 0 Å². The number of hydrogen-bond acceptors (Lipinski definition) is 2. The molecule has 0 bridgehead atoms. The van der Waals surface area contributed by atoms with Crippen LogP contribution < -0.4 is 10.1 Å². The van der Waals surface area contributed by atoms with Crippen molar-refractivity contribution in [1.82, 2.24) is 0 Å². The maximum Gasteiger partial charge on any atom is 0.143 e. The van der Waals surface area contributed by atoms with E-state index in [9.17, 15) is 4.39 Å². The first-order valence-corrected chi connectivity index (χ1v) is 6.95. The van der Waals surface area contributed by atoms with Gasteiger partial charge in [0.1, 0.15) is 17.7 Å². The van der Waals surface area contributed by atoms with Gasteiger partial charge in [0.15, 0.2) is 0 Å². The second kappa shape index (κ2) is 5.02. The first-order valence-electron chi connectivity index (χ1n) is 5.78. The second-order valence-electron chi connectivity index (χ2n) is 4.30. The highest BCUT2D eigenvalue weighted by atomic mass is 79.9. The SMILES string of the molecule is Fc1ccc(C2CNc3cc(Cl)ccc3O2)cc1Br. The van der Waals surface area contributed by atoms with Gasteiger partial charge in [-0.2, -0.15) is 0 Å². The first kappa shape index (κ1) is 12.8. The fraction of sp³-hybridized carbons (Fsp3) is 0.143. The summed E-state index contributed by atoms with van der Waals surface area (Å²) in [6.07, 6.45) is -0.148. The minimum absolute atomic E-state index is 0.148. The van der Waals surface area contributed by atoms with E-state index in [0.717, 1.165) is 17.0 Å². The molecule has 1 aliphatic rings. The number of nitrogens with one attached hydrogen (secondary N) is 1. The van der Waals surface area contributed by atoms with Crippen LogP contribution in [0.2, 0.25) is 5.02 Å². The van der Waals surface area contributed by atoms with Gasteiger partial charge in [0, 0.05) is 5.02 Å². The van der Waals surface area contributed by atoms with Gasteiger partial charge in [0.05, 0.1) is 16.7 Å². The van der Waals surface area contributed by atoms with Crippen molar-refractivity contribution >= 4 is 33.2 Å². The van der Waals surface area contributed by atoms with E-state index in [4.69, 9.17) is 16.3 Å².